The highest BCUT2D eigenvalue weighted by Crippen LogP contribution is 2.40. The van der Waals surface area contributed by atoms with E-state index < -0.39 is 11.9 Å². The second kappa shape index (κ2) is 10.5. The molecule has 0 atom stereocenters. The summed E-state index contributed by atoms with van der Waals surface area (Å²) in [5.41, 5.74) is 2.65. The van der Waals surface area contributed by atoms with Gasteiger partial charge in [0.1, 0.15) is 23.0 Å². The molecule has 0 aliphatic rings. The van der Waals surface area contributed by atoms with Crippen LogP contribution >= 0.6 is 0 Å². The number of allylic oxidation sites excluding steroid dienone is 2. The molecule has 0 aromatic heterocycles. The summed E-state index contributed by atoms with van der Waals surface area (Å²) < 4.78 is 17.1. The molecule has 5 heteroatoms. The average Bonchev–Trinajstić information content (AvgIpc) is 2.89. The molecule has 0 unspecified atom stereocenters. The highest BCUT2D eigenvalue weighted by Gasteiger charge is 2.16. The van der Waals surface area contributed by atoms with Crippen LogP contribution < -0.4 is 9.47 Å². The fraction of sp³-hybridized carbons (Fsp3) is 0.125. The van der Waals surface area contributed by atoms with E-state index in [2.05, 4.69) is 13.2 Å². The Bertz CT molecular complexity index is 1610. The van der Waals surface area contributed by atoms with Gasteiger partial charge in [-0.25, -0.2) is 9.59 Å². The first-order valence-corrected chi connectivity index (χ1v) is 11.8. The second-order valence-electron chi connectivity index (χ2n) is 8.87. The summed E-state index contributed by atoms with van der Waals surface area (Å²) in [6.07, 6.45) is 0. The molecule has 5 nitrogen and oxygen atoms in total. The van der Waals surface area contributed by atoms with Crippen LogP contribution in [0.3, 0.4) is 0 Å². The number of fused-ring (bicyclic) bond motifs is 2. The summed E-state index contributed by atoms with van der Waals surface area (Å²) in [6.45, 7) is 13.9. The van der Waals surface area contributed by atoms with Gasteiger partial charge < -0.3 is 14.2 Å². The molecule has 4 aromatic carbocycles. The van der Waals surface area contributed by atoms with Gasteiger partial charge in [-0.1, -0.05) is 73.8 Å². The summed E-state index contributed by atoms with van der Waals surface area (Å²) in [7, 11) is 0. The Morgan fingerprint density at radius 3 is 1.43 bits per heavy atom. The molecule has 0 aliphatic carbocycles. The van der Waals surface area contributed by atoms with Crippen molar-refractivity contribution in [1.29, 1.82) is 0 Å². The Morgan fingerprint density at radius 1 is 0.541 bits per heavy atom. The van der Waals surface area contributed by atoms with Gasteiger partial charge in [-0.15, -0.1) is 0 Å². The van der Waals surface area contributed by atoms with Crippen molar-refractivity contribution in [3.63, 3.8) is 0 Å². The number of carbonyl (C=O) groups excluding carboxylic acids is 2. The fourth-order valence-electron chi connectivity index (χ4n) is 3.91. The molecule has 0 amide bonds. The SMILES string of the molecule is C=C(C)C(=O)O/C(C)=C(/C)Oc1ccc(-c2ccc(OC(=O)C(=C)C)c3ccccc23)c2ccccc12. The number of hydrogen-bond donors (Lipinski definition) is 0. The summed E-state index contributed by atoms with van der Waals surface area (Å²) in [5, 5.41) is 3.67. The lowest BCUT2D eigenvalue weighted by molar-refractivity contribution is -0.135. The molecule has 37 heavy (non-hydrogen) atoms. The molecule has 4 aromatic rings. The van der Waals surface area contributed by atoms with Gasteiger partial charge in [0.25, 0.3) is 0 Å². The van der Waals surface area contributed by atoms with E-state index in [9.17, 15) is 9.59 Å². The number of rotatable bonds is 7. The zero-order valence-electron chi connectivity index (χ0n) is 21.4. The van der Waals surface area contributed by atoms with Crippen LogP contribution in [-0.2, 0) is 14.3 Å². The Kier molecular flexibility index (Phi) is 7.25. The van der Waals surface area contributed by atoms with Crippen molar-refractivity contribution in [3.8, 4) is 22.6 Å². The zero-order valence-corrected chi connectivity index (χ0v) is 21.4. The molecule has 0 heterocycles. The van der Waals surface area contributed by atoms with Crippen molar-refractivity contribution in [2.24, 2.45) is 0 Å². The highest BCUT2D eigenvalue weighted by atomic mass is 16.6. The molecule has 0 fully saturated rings. The Labute approximate surface area is 216 Å². The first kappa shape index (κ1) is 25.5. The molecule has 0 radical (unpaired) electrons. The van der Waals surface area contributed by atoms with E-state index in [1.807, 2.05) is 72.8 Å². The van der Waals surface area contributed by atoms with Gasteiger partial charge in [0.05, 0.1) is 0 Å². The van der Waals surface area contributed by atoms with Gasteiger partial charge in [0.2, 0.25) is 0 Å². The third kappa shape index (κ3) is 5.31. The lowest BCUT2D eigenvalue weighted by Crippen LogP contribution is -2.08. The fourth-order valence-corrected chi connectivity index (χ4v) is 3.91. The molecule has 4 rings (SSSR count). The van der Waals surface area contributed by atoms with Crippen LogP contribution in [0.1, 0.15) is 27.7 Å². The van der Waals surface area contributed by atoms with Gasteiger partial charge >= 0.3 is 11.9 Å². The normalized spacial score (nSPS) is 11.6. The lowest BCUT2D eigenvalue weighted by atomic mass is 9.93. The van der Waals surface area contributed by atoms with Crippen LogP contribution in [0.15, 0.2) is 109 Å². The summed E-state index contributed by atoms with van der Waals surface area (Å²) in [6, 6.07) is 23.4. The van der Waals surface area contributed by atoms with Crippen molar-refractivity contribution >= 4 is 33.5 Å². The van der Waals surface area contributed by atoms with Crippen LogP contribution in [0.5, 0.6) is 11.5 Å². The maximum atomic E-state index is 12.2. The maximum Gasteiger partial charge on any atom is 0.338 e. The second-order valence-corrected chi connectivity index (χ2v) is 8.87. The first-order chi connectivity index (χ1) is 17.7. The molecule has 0 saturated heterocycles. The number of hydrogen-bond acceptors (Lipinski definition) is 5. The minimum atomic E-state index is -0.495. The largest absolute Gasteiger partial charge is 0.458 e. The average molecular weight is 493 g/mol. The van der Waals surface area contributed by atoms with Crippen molar-refractivity contribution in [3.05, 3.63) is 109 Å². The first-order valence-electron chi connectivity index (χ1n) is 11.8. The number of ether oxygens (including phenoxy) is 3. The predicted molar refractivity (Wildman–Crippen MR) is 147 cm³/mol. The third-order valence-electron chi connectivity index (χ3n) is 5.96. The zero-order chi connectivity index (χ0) is 26.7. The van der Waals surface area contributed by atoms with E-state index in [0.29, 0.717) is 34.2 Å². The molecule has 0 N–H and O–H groups in total. The van der Waals surface area contributed by atoms with Crippen molar-refractivity contribution in [2.75, 3.05) is 0 Å². The standard InChI is InChI=1S/C32H28O5/c1-19(2)31(33)36-22(6)21(5)35-29-17-15-25(23-11-7-9-13-27(23)29)26-16-18-30(37-32(34)20(3)4)28-14-10-8-12-24(26)28/h7-18H,1,3H2,2,4-6H3/b22-21-. The Balaban J connectivity index is 1.80. The number of benzene rings is 4. The van der Waals surface area contributed by atoms with Crippen molar-refractivity contribution in [2.45, 2.75) is 27.7 Å². The van der Waals surface area contributed by atoms with Gasteiger partial charge in [-0.2, -0.15) is 0 Å². The van der Waals surface area contributed by atoms with Crippen LogP contribution in [0, 0.1) is 0 Å². The third-order valence-corrected chi connectivity index (χ3v) is 5.96. The van der Waals surface area contributed by atoms with E-state index >= 15 is 0 Å². The molecule has 0 spiro atoms. The monoisotopic (exact) mass is 492 g/mol. The smallest absolute Gasteiger partial charge is 0.338 e. The van der Waals surface area contributed by atoms with Gasteiger partial charge in [0, 0.05) is 21.9 Å². The van der Waals surface area contributed by atoms with E-state index in [1.165, 1.54) is 0 Å². The molecule has 0 saturated carbocycles. The van der Waals surface area contributed by atoms with Crippen LogP contribution in [0.25, 0.3) is 32.7 Å². The molecular weight excluding hydrogens is 464 g/mol. The number of carbonyl (C=O) groups is 2. The Hall–Kier alpha value is -4.64. The molecular formula is C32H28O5. The molecule has 186 valence electrons. The van der Waals surface area contributed by atoms with E-state index in [0.717, 1.165) is 32.7 Å². The predicted octanol–water partition coefficient (Wildman–Crippen LogP) is 7.89. The summed E-state index contributed by atoms with van der Waals surface area (Å²) in [4.78, 5) is 24.1. The Morgan fingerprint density at radius 2 is 0.973 bits per heavy atom. The van der Waals surface area contributed by atoms with Gasteiger partial charge in [-0.05, 0) is 61.7 Å². The van der Waals surface area contributed by atoms with Crippen molar-refractivity contribution in [1.82, 2.24) is 0 Å². The molecule has 0 aliphatic heterocycles. The summed E-state index contributed by atoms with van der Waals surface area (Å²) >= 11 is 0. The highest BCUT2D eigenvalue weighted by molar-refractivity contribution is 6.09. The quantitative estimate of drug-likeness (QED) is 0.114. The summed E-state index contributed by atoms with van der Waals surface area (Å²) in [5.74, 6) is 1.01. The maximum absolute atomic E-state index is 12.2. The number of esters is 2. The van der Waals surface area contributed by atoms with E-state index in [1.54, 1.807) is 27.7 Å². The minimum Gasteiger partial charge on any atom is -0.458 e. The van der Waals surface area contributed by atoms with E-state index in [4.69, 9.17) is 14.2 Å². The van der Waals surface area contributed by atoms with Crippen LogP contribution in [0.2, 0.25) is 0 Å². The molecule has 0 bridgehead atoms. The topological polar surface area (TPSA) is 61.8 Å². The van der Waals surface area contributed by atoms with Crippen LogP contribution in [0.4, 0.5) is 0 Å². The minimum absolute atomic E-state index is 0.314. The van der Waals surface area contributed by atoms with Crippen molar-refractivity contribution < 1.29 is 23.8 Å². The van der Waals surface area contributed by atoms with Gasteiger partial charge in [0.15, 0.2) is 0 Å². The lowest BCUT2D eigenvalue weighted by Gasteiger charge is -2.16. The van der Waals surface area contributed by atoms with Gasteiger partial charge in [-0.3, -0.25) is 0 Å². The van der Waals surface area contributed by atoms with Crippen LogP contribution in [-0.4, -0.2) is 11.9 Å². The van der Waals surface area contributed by atoms with E-state index in [-0.39, 0.29) is 0 Å².